The van der Waals surface area contributed by atoms with E-state index in [9.17, 15) is 0 Å². The van der Waals surface area contributed by atoms with Crippen molar-refractivity contribution in [1.29, 1.82) is 0 Å². The first-order chi connectivity index (χ1) is 5.79. The molecule has 0 saturated carbocycles. The Morgan fingerprint density at radius 1 is 1.42 bits per heavy atom. The molecule has 0 spiro atoms. The normalized spacial score (nSPS) is 15.7. The zero-order valence-electron chi connectivity index (χ0n) is 8.14. The summed E-state index contributed by atoms with van der Waals surface area (Å²) in [7, 11) is 0. The van der Waals surface area contributed by atoms with Crippen LogP contribution in [-0.4, -0.2) is 0 Å². The Morgan fingerprint density at radius 3 is 2.83 bits per heavy atom. The van der Waals surface area contributed by atoms with Gasteiger partial charge in [0.25, 0.3) is 0 Å². The number of hydrogen-bond donors (Lipinski definition) is 0. The molecule has 0 aliphatic heterocycles. The Kier molecular flexibility index (Phi) is 3.86. The average Bonchev–Trinajstić information content (AvgIpc) is 2.05. The lowest BCUT2D eigenvalue weighted by Gasteiger charge is -2.06. The molecule has 1 aliphatic rings. The molecule has 0 nitrogen and oxygen atoms in total. The molecule has 0 unspecified atom stereocenters. The highest BCUT2D eigenvalue weighted by molar-refractivity contribution is 5.15. The Hall–Kier alpha value is -0.780. The molecule has 0 aromatic rings. The number of hydrogen-bond acceptors (Lipinski definition) is 0. The van der Waals surface area contributed by atoms with E-state index in [1.165, 1.54) is 24.8 Å². The molecule has 0 N–H and O–H groups in total. The van der Waals surface area contributed by atoms with Crippen LogP contribution in [0.15, 0.2) is 35.5 Å². The van der Waals surface area contributed by atoms with Crippen molar-refractivity contribution in [3.63, 3.8) is 0 Å². The first-order valence-corrected chi connectivity index (χ1v) is 4.75. The van der Waals surface area contributed by atoms with Crippen LogP contribution in [0.4, 0.5) is 0 Å². The third-order valence-electron chi connectivity index (χ3n) is 2.11. The lowest BCUT2D eigenvalue weighted by Crippen LogP contribution is -1.85. The minimum atomic E-state index is 1.14. The summed E-state index contributed by atoms with van der Waals surface area (Å²) in [5.41, 5.74) is 3.04. The largest absolute Gasteiger partial charge is 0.0856 e. The van der Waals surface area contributed by atoms with Gasteiger partial charge in [-0.15, -0.1) is 0 Å². The molecule has 0 heteroatoms. The van der Waals surface area contributed by atoms with Gasteiger partial charge in [-0.25, -0.2) is 0 Å². The van der Waals surface area contributed by atoms with E-state index in [1.807, 2.05) is 0 Å². The quantitative estimate of drug-likeness (QED) is 0.550. The molecular weight excluding hydrogens is 144 g/mol. The molecule has 0 radical (unpaired) electrons. The van der Waals surface area contributed by atoms with Crippen LogP contribution in [0.25, 0.3) is 0 Å². The number of rotatable bonds is 3. The van der Waals surface area contributed by atoms with E-state index in [2.05, 4.69) is 38.2 Å². The lowest BCUT2D eigenvalue weighted by molar-refractivity contribution is 0.911. The van der Waals surface area contributed by atoms with Crippen LogP contribution in [0.2, 0.25) is 0 Å². The van der Waals surface area contributed by atoms with E-state index in [0.717, 1.165) is 6.42 Å². The molecule has 1 aliphatic carbocycles. The summed E-state index contributed by atoms with van der Waals surface area (Å²) >= 11 is 0. The molecule has 0 aromatic carbocycles. The van der Waals surface area contributed by atoms with E-state index in [1.54, 1.807) is 5.57 Å². The maximum atomic E-state index is 2.36. The SMILES string of the molecule is CC(C)=CCCC1=CCC=CC1. The summed E-state index contributed by atoms with van der Waals surface area (Å²) in [5.74, 6) is 0. The molecule has 1 rings (SSSR count). The minimum Gasteiger partial charge on any atom is -0.0856 e. The highest BCUT2D eigenvalue weighted by Gasteiger charge is 1.96. The number of allylic oxidation sites excluding steroid dienone is 6. The summed E-state index contributed by atoms with van der Waals surface area (Å²) in [6.07, 6.45) is 14.0. The second kappa shape index (κ2) is 4.97. The van der Waals surface area contributed by atoms with Gasteiger partial charge in [0, 0.05) is 0 Å². The van der Waals surface area contributed by atoms with Gasteiger partial charge in [-0.1, -0.05) is 35.5 Å². The summed E-state index contributed by atoms with van der Waals surface area (Å²) in [4.78, 5) is 0. The van der Waals surface area contributed by atoms with Crippen LogP contribution in [0.3, 0.4) is 0 Å². The first-order valence-electron chi connectivity index (χ1n) is 4.75. The van der Waals surface area contributed by atoms with Gasteiger partial charge in [-0.2, -0.15) is 0 Å². The Balaban J connectivity index is 2.23. The zero-order valence-corrected chi connectivity index (χ0v) is 8.14. The second-order valence-electron chi connectivity index (χ2n) is 3.59. The van der Waals surface area contributed by atoms with Crippen LogP contribution in [0.1, 0.15) is 39.5 Å². The fourth-order valence-electron chi connectivity index (χ4n) is 1.40. The highest BCUT2D eigenvalue weighted by Crippen LogP contribution is 2.16. The topological polar surface area (TPSA) is 0 Å². The maximum Gasteiger partial charge on any atom is -0.0138 e. The van der Waals surface area contributed by atoms with Crippen LogP contribution in [0.5, 0.6) is 0 Å². The molecular formula is C12H18. The van der Waals surface area contributed by atoms with E-state index in [4.69, 9.17) is 0 Å². The van der Waals surface area contributed by atoms with Crippen molar-refractivity contribution in [2.24, 2.45) is 0 Å². The zero-order chi connectivity index (χ0) is 8.81. The van der Waals surface area contributed by atoms with Crippen LogP contribution >= 0.6 is 0 Å². The highest BCUT2D eigenvalue weighted by atomic mass is 14.0. The monoisotopic (exact) mass is 162 g/mol. The Bertz CT molecular complexity index is 212. The van der Waals surface area contributed by atoms with Crippen LogP contribution in [-0.2, 0) is 0 Å². The van der Waals surface area contributed by atoms with E-state index in [-0.39, 0.29) is 0 Å². The lowest BCUT2D eigenvalue weighted by atomic mass is 10.0. The summed E-state index contributed by atoms with van der Waals surface area (Å²) in [5, 5.41) is 0. The van der Waals surface area contributed by atoms with Gasteiger partial charge in [0.1, 0.15) is 0 Å². The maximum absolute atomic E-state index is 2.36. The van der Waals surface area contributed by atoms with Gasteiger partial charge in [0.05, 0.1) is 0 Å². The van der Waals surface area contributed by atoms with Gasteiger partial charge in [-0.05, 0) is 39.5 Å². The Labute approximate surface area is 75.7 Å². The van der Waals surface area contributed by atoms with Crippen molar-refractivity contribution in [1.82, 2.24) is 0 Å². The van der Waals surface area contributed by atoms with Gasteiger partial charge in [0.2, 0.25) is 0 Å². The molecule has 0 aromatic heterocycles. The predicted molar refractivity (Wildman–Crippen MR) is 55.1 cm³/mol. The Morgan fingerprint density at radius 2 is 2.25 bits per heavy atom. The smallest absolute Gasteiger partial charge is 0.0138 e. The van der Waals surface area contributed by atoms with Crippen molar-refractivity contribution < 1.29 is 0 Å². The molecule has 66 valence electrons. The fraction of sp³-hybridized carbons (Fsp3) is 0.500. The summed E-state index contributed by atoms with van der Waals surface area (Å²) in [6, 6.07) is 0. The van der Waals surface area contributed by atoms with Crippen molar-refractivity contribution in [3.8, 4) is 0 Å². The third-order valence-corrected chi connectivity index (χ3v) is 2.11. The van der Waals surface area contributed by atoms with Gasteiger partial charge >= 0.3 is 0 Å². The van der Waals surface area contributed by atoms with Crippen LogP contribution in [0, 0.1) is 0 Å². The third kappa shape index (κ3) is 3.56. The van der Waals surface area contributed by atoms with Crippen molar-refractivity contribution in [2.75, 3.05) is 0 Å². The molecule has 0 heterocycles. The minimum absolute atomic E-state index is 1.14. The van der Waals surface area contributed by atoms with E-state index < -0.39 is 0 Å². The molecule has 12 heavy (non-hydrogen) atoms. The standard InChI is InChI=1S/C12H18/c1-11(2)7-6-10-12-8-4-3-5-9-12/h3-4,7,9H,5-6,8,10H2,1-2H3. The second-order valence-corrected chi connectivity index (χ2v) is 3.59. The van der Waals surface area contributed by atoms with Crippen molar-refractivity contribution >= 4 is 0 Å². The average molecular weight is 162 g/mol. The molecule has 0 saturated heterocycles. The predicted octanol–water partition coefficient (Wildman–Crippen LogP) is 4.01. The van der Waals surface area contributed by atoms with Gasteiger partial charge in [-0.3, -0.25) is 0 Å². The molecule has 0 bridgehead atoms. The van der Waals surface area contributed by atoms with Gasteiger partial charge in [0.15, 0.2) is 0 Å². The van der Waals surface area contributed by atoms with E-state index in [0.29, 0.717) is 0 Å². The van der Waals surface area contributed by atoms with E-state index >= 15 is 0 Å². The first kappa shape index (κ1) is 9.31. The molecule has 0 atom stereocenters. The van der Waals surface area contributed by atoms with Gasteiger partial charge < -0.3 is 0 Å². The molecule has 0 fully saturated rings. The van der Waals surface area contributed by atoms with Crippen LogP contribution < -0.4 is 0 Å². The summed E-state index contributed by atoms with van der Waals surface area (Å²) < 4.78 is 0. The molecule has 0 amide bonds. The fourth-order valence-corrected chi connectivity index (χ4v) is 1.40. The van der Waals surface area contributed by atoms with Crippen molar-refractivity contribution in [2.45, 2.75) is 39.5 Å². The van der Waals surface area contributed by atoms with Crippen molar-refractivity contribution in [3.05, 3.63) is 35.5 Å². The summed E-state index contributed by atoms with van der Waals surface area (Å²) in [6.45, 7) is 4.32.